The number of aromatic nitrogens is 3. The molecular weight excluding hydrogens is 272 g/mol. The first kappa shape index (κ1) is 13.2. The van der Waals surface area contributed by atoms with Crippen LogP contribution in [0.25, 0.3) is 0 Å². The number of carbonyl (C=O) groups excluding carboxylic acids is 1. The predicted octanol–water partition coefficient (Wildman–Crippen LogP) is 2.09. The first-order valence-corrected chi connectivity index (χ1v) is 7.79. The molecule has 2 heterocycles. The molecule has 1 aliphatic heterocycles. The maximum absolute atomic E-state index is 12.5. The van der Waals surface area contributed by atoms with Gasteiger partial charge in [-0.3, -0.25) is 4.79 Å². The van der Waals surface area contributed by atoms with E-state index in [0.29, 0.717) is 6.54 Å². The molecule has 1 amide bonds. The van der Waals surface area contributed by atoms with E-state index in [9.17, 15) is 4.79 Å². The molecule has 104 valence electrons. The summed E-state index contributed by atoms with van der Waals surface area (Å²) in [5, 5.41) is 8.31. The minimum Gasteiger partial charge on any atom is -0.336 e. The van der Waals surface area contributed by atoms with Crippen molar-refractivity contribution in [3.8, 4) is 0 Å². The second-order valence-corrected chi connectivity index (χ2v) is 5.65. The number of nitrogens with zero attached hydrogens (tertiary/aromatic N) is 4. The Morgan fingerprint density at radius 1 is 1.35 bits per heavy atom. The summed E-state index contributed by atoms with van der Waals surface area (Å²) in [5.74, 6) is 0.0931. The fourth-order valence-electron chi connectivity index (χ4n) is 2.47. The smallest absolute Gasteiger partial charge is 0.253 e. The van der Waals surface area contributed by atoms with Crippen LogP contribution in [0.1, 0.15) is 22.8 Å². The minimum atomic E-state index is 0.0931. The first-order chi connectivity index (χ1) is 9.78. The lowest BCUT2D eigenvalue weighted by Crippen LogP contribution is -2.29. The summed E-state index contributed by atoms with van der Waals surface area (Å²) in [5.41, 5.74) is 0.755. The molecule has 1 unspecified atom stereocenters. The third kappa shape index (κ3) is 2.56. The van der Waals surface area contributed by atoms with E-state index >= 15 is 0 Å². The van der Waals surface area contributed by atoms with Crippen molar-refractivity contribution in [2.24, 2.45) is 0 Å². The number of carbonyl (C=O) groups is 1. The molecule has 0 saturated carbocycles. The topological polar surface area (TPSA) is 51.0 Å². The highest BCUT2D eigenvalue weighted by atomic mass is 32.2. The van der Waals surface area contributed by atoms with Gasteiger partial charge in [0, 0.05) is 23.5 Å². The molecule has 1 saturated heterocycles. The first-order valence-electron chi connectivity index (χ1n) is 6.57. The van der Waals surface area contributed by atoms with Gasteiger partial charge in [0.05, 0.1) is 18.4 Å². The molecule has 0 radical (unpaired) electrons. The predicted molar refractivity (Wildman–Crippen MR) is 77.8 cm³/mol. The molecule has 0 bridgehead atoms. The normalized spacial score (nSPS) is 18.4. The quantitative estimate of drug-likeness (QED) is 0.812. The van der Waals surface area contributed by atoms with Crippen molar-refractivity contribution in [3.63, 3.8) is 0 Å². The molecule has 6 heteroatoms. The van der Waals surface area contributed by atoms with Crippen LogP contribution in [-0.2, 0) is 0 Å². The van der Waals surface area contributed by atoms with E-state index < -0.39 is 0 Å². The Hall–Kier alpha value is -1.82. The SMILES string of the molecule is CSc1cccc(C(=O)N2CCC(n3nccn3)C2)c1. The molecule has 1 atom stereocenters. The summed E-state index contributed by atoms with van der Waals surface area (Å²) in [6, 6.07) is 7.97. The van der Waals surface area contributed by atoms with Crippen LogP contribution in [0.15, 0.2) is 41.6 Å². The fraction of sp³-hybridized carbons (Fsp3) is 0.357. The molecule has 3 rings (SSSR count). The van der Waals surface area contributed by atoms with Gasteiger partial charge in [-0.15, -0.1) is 11.8 Å². The highest BCUT2D eigenvalue weighted by molar-refractivity contribution is 7.98. The highest BCUT2D eigenvalue weighted by Crippen LogP contribution is 2.23. The molecule has 2 aromatic rings. The van der Waals surface area contributed by atoms with Gasteiger partial charge in [-0.2, -0.15) is 15.0 Å². The zero-order valence-electron chi connectivity index (χ0n) is 11.3. The lowest BCUT2D eigenvalue weighted by Gasteiger charge is -2.16. The largest absolute Gasteiger partial charge is 0.336 e. The van der Waals surface area contributed by atoms with Crippen LogP contribution in [0, 0.1) is 0 Å². The lowest BCUT2D eigenvalue weighted by molar-refractivity contribution is 0.0786. The van der Waals surface area contributed by atoms with Crippen LogP contribution >= 0.6 is 11.8 Å². The Morgan fingerprint density at radius 3 is 2.90 bits per heavy atom. The van der Waals surface area contributed by atoms with Gasteiger partial charge in [0.2, 0.25) is 0 Å². The summed E-state index contributed by atoms with van der Waals surface area (Å²) < 4.78 is 0. The van der Waals surface area contributed by atoms with E-state index in [4.69, 9.17) is 0 Å². The zero-order valence-corrected chi connectivity index (χ0v) is 12.1. The van der Waals surface area contributed by atoms with E-state index in [1.165, 1.54) is 0 Å². The van der Waals surface area contributed by atoms with Gasteiger partial charge in [0.15, 0.2) is 0 Å². The van der Waals surface area contributed by atoms with Crippen LogP contribution < -0.4 is 0 Å². The van der Waals surface area contributed by atoms with Gasteiger partial charge in [0.1, 0.15) is 0 Å². The molecule has 1 fully saturated rings. The maximum Gasteiger partial charge on any atom is 0.253 e. The molecular formula is C14H16N4OS. The average Bonchev–Trinajstić information content (AvgIpc) is 3.17. The van der Waals surface area contributed by atoms with Crippen molar-refractivity contribution in [2.45, 2.75) is 17.4 Å². The van der Waals surface area contributed by atoms with E-state index in [1.807, 2.05) is 35.4 Å². The van der Waals surface area contributed by atoms with Gasteiger partial charge in [0.25, 0.3) is 5.91 Å². The van der Waals surface area contributed by atoms with Gasteiger partial charge < -0.3 is 4.90 Å². The van der Waals surface area contributed by atoms with Crippen LogP contribution in [-0.4, -0.2) is 45.1 Å². The monoisotopic (exact) mass is 288 g/mol. The average molecular weight is 288 g/mol. The summed E-state index contributed by atoms with van der Waals surface area (Å²) in [6.07, 6.45) is 6.26. The number of hydrogen-bond acceptors (Lipinski definition) is 4. The molecule has 0 aliphatic carbocycles. The fourth-order valence-corrected chi connectivity index (χ4v) is 2.93. The Morgan fingerprint density at radius 2 is 2.15 bits per heavy atom. The Labute approximate surface area is 122 Å². The van der Waals surface area contributed by atoms with Crippen LogP contribution in [0.4, 0.5) is 0 Å². The summed E-state index contributed by atoms with van der Waals surface area (Å²) in [4.78, 5) is 17.2. The number of hydrogen-bond donors (Lipinski definition) is 0. The molecule has 1 aromatic heterocycles. The highest BCUT2D eigenvalue weighted by Gasteiger charge is 2.28. The summed E-state index contributed by atoms with van der Waals surface area (Å²) >= 11 is 1.65. The number of amides is 1. The second-order valence-electron chi connectivity index (χ2n) is 4.78. The van der Waals surface area contributed by atoms with Crippen LogP contribution in [0.5, 0.6) is 0 Å². The van der Waals surface area contributed by atoms with Crippen LogP contribution in [0.2, 0.25) is 0 Å². The Kier molecular flexibility index (Phi) is 3.73. The van der Waals surface area contributed by atoms with Gasteiger partial charge in [-0.05, 0) is 30.9 Å². The number of rotatable bonds is 3. The van der Waals surface area contributed by atoms with Crippen molar-refractivity contribution in [1.82, 2.24) is 19.9 Å². The zero-order chi connectivity index (χ0) is 13.9. The third-order valence-electron chi connectivity index (χ3n) is 3.53. The van der Waals surface area contributed by atoms with Gasteiger partial charge >= 0.3 is 0 Å². The Bertz CT molecular complexity index is 599. The van der Waals surface area contributed by atoms with Crippen molar-refractivity contribution in [1.29, 1.82) is 0 Å². The van der Waals surface area contributed by atoms with E-state index in [1.54, 1.807) is 29.0 Å². The van der Waals surface area contributed by atoms with E-state index in [0.717, 1.165) is 23.4 Å². The molecule has 20 heavy (non-hydrogen) atoms. The lowest BCUT2D eigenvalue weighted by atomic mass is 10.2. The van der Waals surface area contributed by atoms with E-state index in [2.05, 4.69) is 10.2 Å². The molecule has 0 N–H and O–H groups in total. The number of thioether (sulfide) groups is 1. The molecule has 1 aliphatic rings. The summed E-state index contributed by atoms with van der Waals surface area (Å²) in [6.45, 7) is 1.44. The molecule has 0 spiro atoms. The molecule has 1 aromatic carbocycles. The van der Waals surface area contributed by atoms with Crippen molar-refractivity contribution >= 4 is 17.7 Å². The van der Waals surface area contributed by atoms with Crippen molar-refractivity contribution in [3.05, 3.63) is 42.2 Å². The second kappa shape index (κ2) is 5.66. The Balaban J connectivity index is 1.72. The maximum atomic E-state index is 12.5. The summed E-state index contributed by atoms with van der Waals surface area (Å²) in [7, 11) is 0. The molecule has 5 nitrogen and oxygen atoms in total. The minimum absolute atomic E-state index is 0.0931. The van der Waals surface area contributed by atoms with Gasteiger partial charge in [-0.1, -0.05) is 6.07 Å². The number of benzene rings is 1. The van der Waals surface area contributed by atoms with Gasteiger partial charge in [-0.25, -0.2) is 0 Å². The van der Waals surface area contributed by atoms with Crippen LogP contribution in [0.3, 0.4) is 0 Å². The van der Waals surface area contributed by atoms with E-state index in [-0.39, 0.29) is 11.9 Å². The van der Waals surface area contributed by atoms with Crippen molar-refractivity contribution in [2.75, 3.05) is 19.3 Å². The standard InChI is InChI=1S/C14H16N4OS/c1-20-13-4-2-3-11(9-13)14(19)17-8-5-12(10-17)18-15-6-7-16-18/h2-4,6-7,9,12H,5,8,10H2,1H3. The number of likely N-dealkylation sites (tertiary alicyclic amines) is 1. The third-order valence-corrected chi connectivity index (χ3v) is 4.26. The van der Waals surface area contributed by atoms with Crippen molar-refractivity contribution < 1.29 is 4.79 Å².